The predicted molar refractivity (Wildman–Crippen MR) is 94.9 cm³/mol. The number of hydrogen-bond acceptors (Lipinski definition) is 3. The minimum absolute atomic E-state index is 0.0601. The van der Waals surface area contributed by atoms with Crippen LogP contribution in [0.25, 0.3) is 11.3 Å². The van der Waals surface area contributed by atoms with E-state index in [-0.39, 0.29) is 18.1 Å². The molecule has 0 atom stereocenters. The predicted octanol–water partition coefficient (Wildman–Crippen LogP) is 4.48. The van der Waals surface area contributed by atoms with Crippen LogP contribution in [0.2, 0.25) is 5.02 Å². The van der Waals surface area contributed by atoms with Gasteiger partial charge in [0.2, 0.25) is 0 Å². The number of anilines is 1. The van der Waals surface area contributed by atoms with Crippen LogP contribution in [0.15, 0.2) is 65.1 Å². The number of carboxylic acid groups (broad SMARTS) is 1. The van der Waals surface area contributed by atoms with E-state index in [0.717, 1.165) is 5.56 Å². The van der Waals surface area contributed by atoms with Gasteiger partial charge in [-0.15, -0.1) is 0 Å². The van der Waals surface area contributed by atoms with Crippen LogP contribution in [0.4, 0.5) is 5.69 Å². The average Bonchev–Trinajstić information content (AvgIpc) is 3.06. The van der Waals surface area contributed by atoms with Crippen LogP contribution in [0.5, 0.6) is 0 Å². The molecule has 3 aromatic rings. The first kappa shape index (κ1) is 16.8. The lowest BCUT2D eigenvalue weighted by Gasteiger charge is -2.04. The zero-order valence-corrected chi connectivity index (χ0v) is 13.8. The molecule has 5 nitrogen and oxygen atoms in total. The Balaban J connectivity index is 1.70. The maximum atomic E-state index is 12.3. The van der Waals surface area contributed by atoms with Gasteiger partial charge in [0.1, 0.15) is 5.76 Å². The molecule has 25 heavy (non-hydrogen) atoms. The van der Waals surface area contributed by atoms with Crippen LogP contribution in [0.1, 0.15) is 16.1 Å². The normalized spacial score (nSPS) is 10.4. The monoisotopic (exact) mass is 355 g/mol. The number of aliphatic carboxylic acids is 1. The van der Waals surface area contributed by atoms with Crippen LogP contribution in [-0.2, 0) is 11.2 Å². The molecule has 3 rings (SSSR count). The van der Waals surface area contributed by atoms with E-state index >= 15 is 0 Å². The largest absolute Gasteiger partial charge is 0.481 e. The van der Waals surface area contributed by atoms with Gasteiger partial charge >= 0.3 is 5.97 Å². The van der Waals surface area contributed by atoms with Crippen molar-refractivity contribution < 1.29 is 19.1 Å². The highest BCUT2D eigenvalue weighted by atomic mass is 35.5. The molecule has 0 radical (unpaired) electrons. The van der Waals surface area contributed by atoms with E-state index in [1.165, 1.54) is 0 Å². The van der Waals surface area contributed by atoms with Crippen molar-refractivity contribution in [3.05, 3.63) is 77.0 Å². The summed E-state index contributed by atoms with van der Waals surface area (Å²) in [6, 6.07) is 17.1. The Bertz CT molecular complexity index is 915. The number of amides is 1. The maximum Gasteiger partial charge on any atom is 0.307 e. The molecule has 0 unspecified atom stereocenters. The lowest BCUT2D eigenvalue weighted by molar-refractivity contribution is -0.136. The topological polar surface area (TPSA) is 79.5 Å². The highest BCUT2D eigenvalue weighted by Crippen LogP contribution is 2.25. The Morgan fingerprint density at radius 1 is 1.04 bits per heavy atom. The lowest BCUT2D eigenvalue weighted by Crippen LogP contribution is -2.10. The van der Waals surface area contributed by atoms with Crippen molar-refractivity contribution in [1.29, 1.82) is 0 Å². The lowest BCUT2D eigenvalue weighted by atomic mass is 10.1. The molecule has 0 spiro atoms. The van der Waals surface area contributed by atoms with Crippen LogP contribution < -0.4 is 5.32 Å². The Morgan fingerprint density at radius 2 is 1.80 bits per heavy atom. The molecular formula is C19H14ClNO4. The molecular weight excluding hydrogens is 342 g/mol. The van der Waals surface area contributed by atoms with Crippen molar-refractivity contribution in [3.8, 4) is 11.3 Å². The first-order valence-electron chi connectivity index (χ1n) is 7.49. The zero-order valence-electron chi connectivity index (χ0n) is 13.0. The molecule has 0 saturated carbocycles. The van der Waals surface area contributed by atoms with Crippen LogP contribution in [0, 0.1) is 0 Å². The van der Waals surface area contributed by atoms with Gasteiger partial charge in [-0.1, -0.05) is 35.9 Å². The average molecular weight is 356 g/mol. The van der Waals surface area contributed by atoms with Gasteiger partial charge < -0.3 is 14.8 Å². The van der Waals surface area contributed by atoms with Gasteiger partial charge in [0.15, 0.2) is 5.76 Å². The third-order valence-electron chi connectivity index (χ3n) is 3.51. The first-order chi connectivity index (χ1) is 12.0. The van der Waals surface area contributed by atoms with Crippen LogP contribution in [0.3, 0.4) is 0 Å². The summed E-state index contributed by atoms with van der Waals surface area (Å²) in [5, 5.41) is 12.0. The minimum Gasteiger partial charge on any atom is -0.481 e. The van der Waals surface area contributed by atoms with Crippen molar-refractivity contribution >= 4 is 29.2 Å². The summed E-state index contributed by atoms with van der Waals surface area (Å²) in [5.41, 5.74) is 2.00. The maximum absolute atomic E-state index is 12.3. The summed E-state index contributed by atoms with van der Waals surface area (Å²) < 4.78 is 5.59. The van der Waals surface area contributed by atoms with E-state index in [9.17, 15) is 9.59 Å². The van der Waals surface area contributed by atoms with Gasteiger partial charge in [0.25, 0.3) is 5.91 Å². The Kier molecular flexibility index (Phi) is 4.86. The minimum atomic E-state index is -0.902. The number of furan rings is 1. The Labute approximate surface area is 148 Å². The van der Waals surface area contributed by atoms with E-state index in [4.69, 9.17) is 21.1 Å². The fourth-order valence-electron chi connectivity index (χ4n) is 2.33. The number of carbonyl (C=O) groups excluding carboxylic acids is 1. The van der Waals surface area contributed by atoms with E-state index in [0.29, 0.717) is 22.0 Å². The standard InChI is InChI=1S/C19H14ClNO4/c20-14-3-1-2-13(11-14)16-8-9-17(25-16)19(24)21-15-6-4-12(5-7-15)10-18(22)23/h1-9,11H,10H2,(H,21,24)(H,22,23). The van der Waals surface area contributed by atoms with Crippen LogP contribution >= 0.6 is 11.6 Å². The summed E-state index contributed by atoms with van der Waals surface area (Å²) in [6.45, 7) is 0. The van der Waals surface area contributed by atoms with Crippen molar-refractivity contribution in [2.75, 3.05) is 5.32 Å². The number of benzene rings is 2. The molecule has 0 bridgehead atoms. The zero-order chi connectivity index (χ0) is 17.8. The van der Waals surface area contributed by atoms with Crippen molar-refractivity contribution in [2.45, 2.75) is 6.42 Å². The molecule has 0 saturated heterocycles. The molecule has 2 N–H and O–H groups in total. The Hall–Kier alpha value is -3.05. The van der Waals surface area contributed by atoms with Gasteiger partial charge in [0, 0.05) is 16.3 Å². The second-order valence-electron chi connectivity index (χ2n) is 5.40. The molecule has 0 aliphatic heterocycles. The van der Waals surface area contributed by atoms with Crippen molar-refractivity contribution in [3.63, 3.8) is 0 Å². The molecule has 2 aromatic carbocycles. The summed E-state index contributed by atoms with van der Waals surface area (Å²) in [7, 11) is 0. The summed E-state index contributed by atoms with van der Waals surface area (Å²) in [5.74, 6) is -0.575. The van der Waals surface area contributed by atoms with Gasteiger partial charge in [-0.05, 0) is 42.0 Å². The van der Waals surface area contributed by atoms with E-state index in [1.807, 2.05) is 6.07 Å². The molecule has 1 aromatic heterocycles. The van der Waals surface area contributed by atoms with Crippen molar-refractivity contribution in [2.24, 2.45) is 0 Å². The fraction of sp³-hybridized carbons (Fsp3) is 0.0526. The highest BCUT2D eigenvalue weighted by molar-refractivity contribution is 6.30. The van der Waals surface area contributed by atoms with Gasteiger partial charge in [-0.2, -0.15) is 0 Å². The molecule has 0 aliphatic carbocycles. The van der Waals surface area contributed by atoms with E-state index in [1.54, 1.807) is 54.6 Å². The Morgan fingerprint density at radius 3 is 2.48 bits per heavy atom. The molecule has 1 heterocycles. The van der Waals surface area contributed by atoms with Gasteiger partial charge in [-0.25, -0.2) is 0 Å². The van der Waals surface area contributed by atoms with E-state index in [2.05, 4.69) is 5.32 Å². The highest BCUT2D eigenvalue weighted by Gasteiger charge is 2.13. The number of halogens is 1. The second-order valence-corrected chi connectivity index (χ2v) is 5.83. The van der Waals surface area contributed by atoms with Gasteiger partial charge in [0.05, 0.1) is 6.42 Å². The molecule has 0 aliphatic rings. The third kappa shape index (κ3) is 4.28. The van der Waals surface area contributed by atoms with Gasteiger partial charge in [-0.3, -0.25) is 9.59 Å². The number of carboxylic acids is 1. The molecule has 1 amide bonds. The molecule has 0 fully saturated rings. The number of rotatable bonds is 5. The number of carbonyl (C=O) groups is 2. The summed E-state index contributed by atoms with van der Waals surface area (Å²) in [6.07, 6.45) is -0.0601. The summed E-state index contributed by atoms with van der Waals surface area (Å²) >= 11 is 5.96. The molecule has 126 valence electrons. The van der Waals surface area contributed by atoms with Crippen molar-refractivity contribution in [1.82, 2.24) is 0 Å². The second kappa shape index (κ2) is 7.23. The smallest absolute Gasteiger partial charge is 0.307 e. The fourth-order valence-corrected chi connectivity index (χ4v) is 2.52. The quantitative estimate of drug-likeness (QED) is 0.707. The SMILES string of the molecule is O=C(O)Cc1ccc(NC(=O)c2ccc(-c3cccc(Cl)c3)o2)cc1. The molecule has 6 heteroatoms. The third-order valence-corrected chi connectivity index (χ3v) is 3.74. The van der Waals surface area contributed by atoms with Crippen LogP contribution in [-0.4, -0.2) is 17.0 Å². The first-order valence-corrected chi connectivity index (χ1v) is 7.87. The van der Waals surface area contributed by atoms with E-state index < -0.39 is 5.97 Å². The number of hydrogen-bond donors (Lipinski definition) is 2. The summed E-state index contributed by atoms with van der Waals surface area (Å²) in [4.78, 5) is 22.9. The number of nitrogens with one attached hydrogen (secondary N) is 1.